The highest BCUT2D eigenvalue weighted by Crippen LogP contribution is 2.32. The summed E-state index contributed by atoms with van der Waals surface area (Å²) in [4.78, 5) is 63.3. The van der Waals surface area contributed by atoms with Crippen molar-refractivity contribution in [2.24, 2.45) is 29.1 Å². The van der Waals surface area contributed by atoms with Gasteiger partial charge in [-0.25, -0.2) is 0 Å². The zero-order valence-corrected chi connectivity index (χ0v) is 21.7. The summed E-state index contributed by atoms with van der Waals surface area (Å²) in [6.45, 7) is 12.2. The first-order valence-corrected chi connectivity index (χ1v) is 12.7. The Morgan fingerprint density at radius 3 is 2.06 bits per heavy atom. The maximum Gasteiger partial charge on any atom is 0.253 e. The Hall–Kier alpha value is -2.31. The summed E-state index contributed by atoms with van der Waals surface area (Å²) >= 11 is 0. The standard InChI is InChI=1S/C27H42N2O5/c1-17(2)21(26(34)28-18(3)22(30)13-14-27(4,5)6)15-23(31)20-9-7-19(8-10-20)16-29-24(32)11-12-25(29)33/h11-12,17-21H,7-10,13-16H2,1-6H3,(H,28,34)/t18-,19?,20?,21-/m0/s1. The van der Waals surface area contributed by atoms with E-state index in [0.29, 0.717) is 25.8 Å². The van der Waals surface area contributed by atoms with Gasteiger partial charge in [-0.05, 0) is 56.3 Å². The predicted octanol–water partition coefficient (Wildman–Crippen LogP) is 3.85. The van der Waals surface area contributed by atoms with Gasteiger partial charge in [0.25, 0.3) is 11.8 Å². The van der Waals surface area contributed by atoms with Crippen molar-refractivity contribution in [2.75, 3.05) is 6.54 Å². The lowest BCUT2D eigenvalue weighted by Gasteiger charge is -2.31. The number of amides is 3. The highest BCUT2D eigenvalue weighted by Gasteiger charge is 2.34. The molecule has 2 aliphatic rings. The Kier molecular flexibility index (Phi) is 9.77. The van der Waals surface area contributed by atoms with Gasteiger partial charge in [-0.2, -0.15) is 0 Å². The normalized spacial score (nSPS) is 22.7. The van der Waals surface area contributed by atoms with Gasteiger partial charge in [-0.1, -0.05) is 34.6 Å². The number of ketones is 2. The van der Waals surface area contributed by atoms with Crippen LogP contribution >= 0.6 is 0 Å². The van der Waals surface area contributed by atoms with Crippen LogP contribution in [0.15, 0.2) is 12.2 Å². The van der Waals surface area contributed by atoms with Crippen LogP contribution in [0.25, 0.3) is 0 Å². The summed E-state index contributed by atoms with van der Waals surface area (Å²) in [6.07, 6.45) is 6.94. The van der Waals surface area contributed by atoms with Gasteiger partial charge in [-0.3, -0.25) is 28.9 Å². The van der Waals surface area contributed by atoms with E-state index in [0.717, 1.165) is 19.3 Å². The van der Waals surface area contributed by atoms with Gasteiger partial charge < -0.3 is 5.32 Å². The molecule has 0 aromatic rings. The van der Waals surface area contributed by atoms with Crippen LogP contribution in [0.2, 0.25) is 0 Å². The highest BCUT2D eigenvalue weighted by atomic mass is 16.2. The van der Waals surface area contributed by atoms with Crippen molar-refractivity contribution in [1.82, 2.24) is 10.2 Å². The minimum atomic E-state index is -0.563. The molecule has 1 fully saturated rings. The molecular weight excluding hydrogens is 432 g/mol. The quantitative estimate of drug-likeness (QED) is 0.459. The third-order valence-corrected chi connectivity index (χ3v) is 7.17. The molecule has 1 saturated carbocycles. The van der Waals surface area contributed by atoms with E-state index in [2.05, 4.69) is 26.1 Å². The molecule has 2 atom stereocenters. The van der Waals surface area contributed by atoms with Gasteiger partial charge in [-0.15, -0.1) is 0 Å². The van der Waals surface area contributed by atoms with Crippen LogP contribution in [0, 0.1) is 29.1 Å². The smallest absolute Gasteiger partial charge is 0.253 e. The van der Waals surface area contributed by atoms with E-state index in [1.807, 2.05) is 13.8 Å². The van der Waals surface area contributed by atoms with Crippen LogP contribution in [-0.4, -0.2) is 46.8 Å². The zero-order chi connectivity index (χ0) is 25.6. The molecule has 0 spiro atoms. The average Bonchev–Trinajstić information content (AvgIpc) is 3.07. The third-order valence-electron chi connectivity index (χ3n) is 7.17. The minimum absolute atomic E-state index is 0.0144. The van der Waals surface area contributed by atoms with Crippen molar-refractivity contribution >= 4 is 29.3 Å². The maximum absolute atomic E-state index is 13.0. The summed E-state index contributed by atoms with van der Waals surface area (Å²) in [7, 11) is 0. The minimum Gasteiger partial charge on any atom is -0.346 e. The fourth-order valence-corrected chi connectivity index (χ4v) is 4.67. The van der Waals surface area contributed by atoms with Crippen LogP contribution in [0.5, 0.6) is 0 Å². The summed E-state index contributed by atoms with van der Waals surface area (Å²) in [5, 5.41) is 2.85. The Morgan fingerprint density at radius 2 is 1.56 bits per heavy atom. The summed E-state index contributed by atoms with van der Waals surface area (Å²) in [5.74, 6) is -1.02. The number of imide groups is 1. The number of carbonyl (C=O) groups excluding carboxylic acids is 5. The third kappa shape index (κ3) is 8.17. The molecule has 3 amide bonds. The fraction of sp³-hybridized carbons (Fsp3) is 0.741. The number of hydrogen-bond acceptors (Lipinski definition) is 5. The molecule has 0 saturated heterocycles. The second kappa shape index (κ2) is 11.9. The van der Waals surface area contributed by atoms with Gasteiger partial charge in [0, 0.05) is 43.4 Å². The monoisotopic (exact) mass is 474 g/mol. The first-order chi connectivity index (χ1) is 15.8. The first kappa shape index (κ1) is 27.9. The topological polar surface area (TPSA) is 101 Å². The van der Waals surface area contributed by atoms with Gasteiger partial charge in [0.1, 0.15) is 5.78 Å². The Labute approximate surface area is 204 Å². The van der Waals surface area contributed by atoms with E-state index >= 15 is 0 Å². The van der Waals surface area contributed by atoms with Crippen LogP contribution < -0.4 is 5.32 Å². The second-order valence-corrected chi connectivity index (χ2v) is 11.6. The Balaban J connectivity index is 1.84. The summed E-state index contributed by atoms with van der Waals surface area (Å²) in [5.41, 5.74) is 0.0572. The number of carbonyl (C=O) groups is 5. The largest absolute Gasteiger partial charge is 0.346 e. The molecule has 2 rings (SSSR count). The first-order valence-electron chi connectivity index (χ1n) is 12.7. The SMILES string of the molecule is CC(C)[C@H](CC(=O)C1CCC(CN2C(=O)C=CC2=O)CC1)C(=O)N[C@@H](C)C(=O)CCC(C)(C)C. The van der Waals surface area contributed by atoms with Gasteiger partial charge in [0.05, 0.1) is 6.04 Å². The van der Waals surface area contributed by atoms with Crippen LogP contribution in [0.1, 0.15) is 86.5 Å². The van der Waals surface area contributed by atoms with Crippen molar-refractivity contribution in [1.29, 1.82) is 0 Å². The van der Waals surface area contributed by atoms with E-state index in [-0.39, 0.29) is 58.9 Å². The molecule has 190 valence electrons. The van der Waals surface area contributed by atoms with Gasteiger partial charge in [0.15, 0.2) is 5.78 Å². The van der Waals surface area contributed by atoms with Crippen molar-refractivity contribution < 1.29 is 24.0 Å². The average molecular weight is 475 g/mol. The number of Topliss-reactive ketones (excluding diaryl/α,β-unsaturated/α-hetero) is 2. The van der Waals surface area contributed by atoms with E-state index in [4.69, 9.17) is 0 Å². The van der Waals surface area contributed by atoms with Crippen LogP contribution in [0.4, 0.5) is 0 Å². The Bertz CT molecular complexity index is 797. The van der Waals surface area contributed by atoms with Gasteiger partial charge >= 0.3 is 0 Å². The maximum atomic E-state index is 13.0. The van der Waals surface area contributed by atoms with Gasteiger partial charge in [0.2, 0.25) is 5.91 Å². The van der Waals surface area contributed by atoms with E-state index in [9.17, 15) is 24.0 Å². The second-order valence-electron chi connectivity index (χ2n) is 11.6. The molecule has 1 aliphatic heterocycles. The lowest BCUT2D eigenvalue weighted by molar-refractivity contribution is -0.138. The predicted molar refractivity (Wildman–Crippen MR) is 131 cm³/mol. The van der Waals surface area contributed by atoms with E-state index in [1.165, 1.54) is 17.1 Å². The fourth-order valence-electron chi connectivity index (χ4n) is 4.67. The van der Waals surface area contributed by atoms with Crippen molar-refractivity contribution in [3.05, 3.63) is 12.2 Å². The molecule has 0 aromatic carbocycles. The molecule has 1 aliphatic carbocycles. The van der Waals surface area contributed by atoms with Crippen molar-refractivity contribution in [2.45, 2.75) is 92.5 Å². The number of rotatable bonds is 11. The molecule has 0 unspecified atom stereocenters. The molecule has 7 nitrogen and oxygen atoms in total. The highest BCUT2D eigenvalue weighted by molar-refractivity contribution is 6.12. The molecule has 0 bridgehead atoms. The lowest BCUT2D eigenvalue weighted by atomic mass is 9.77. The Morgan fingerprint density at radius 1 is 1.00 bits per heavy atom. The molecular formula is C27H42N2O5. The number of nitrogens with one attached hydrogen (secondary N) is 1. The molecule has 1 N–H and O–H groups in total. The van der Waals surface area contributed by atoms with E-state index < -0.39 is 12.0 Å². The molecule has 34 heavy (non-hydrogen) atoms. The molecule has 1 heterocycles. The van der Waals surface area contributed by atoms with Crippen LogP contribution in [-0.2, 0) is 24.0 Å². The summed E-state index contributed by atoms with van der Waals surface area (Å²) < 4.78 is 0. The lowest BCUT2D eigenvalue weighted by Crippen LogP contribution is -2.44. The van der Waals surface area contributed by atoms with Crippen LogP contribution in [0.3, 0.4) is 0 Å². The van der Waals surface area contributed by atoms with Crippen molar-refractivity contribution in [3.8, 4) is 0 Å². The summed E-state index contributed by atoms with van der Waals surface area (Å²) in [6, 6.07) is -0.563. The number of nitrogens with zero attached hydrogens (tertiary/aromatic N) is 1. The number of hydrogen-bond donors (Lipinski definition) is 1. The molecule has 0 radical (unpaired) electrons. The van der Waals surface area contributed by atoms with E-state index in [1.54, 1.807) is 6.92 Å². The zero-order valence-electron chi connectivity index (χ0n) is 21.7. The van der Waals surface area contributed by atoms with Crippen molar-refractivity contribution in [3.63, 3.8) is 0 Å². The molecule has 7 heteroatoms. The molecule has 0 aromatic heterocycles.